The maximum Gasteiger partial charge on any atom is 0.0724 e. The Balaban J connectivity index is 2.68. The lowest BCUT2D eigenvalue weighted by Gasteiger charge is -2.43. The number of hydrogen-bond donors (Lipinski definition) is 1. The fraction of sp³-hybridized carbons (Fsp3) is 1.00. The summed E-state index contributed by atoms with van der Waals surface area (Å²) < 4.78 is 5.41. The lowest BCUT2D eigenvalue weighted by Crippen LogP contribution is -2.47. The zero-order valence-corrected chi connectivity index (χ0v) is 11.2. The van der Waals surface area contributed by atoms with E-state index >= 15 is 0 Å². The van der Waals surface area contributed by atoms with E-state index < -0.39 is 0 Å². The van der Waals surface area contributed by atoms with Gasteiger partial charge in [0.05, 0.1) is 12.6 Å². The minimum atomic E-state index is 0.187. The van der Waals surface area contributed by atoms with Crippen LogP contribution in [0.2, 0.25) is 0 Å². The van der Waals surface area contributed by atoms with Gasteiger partial charge < -0.3 is 9.94 Å². The van der Waals surface area contributed by atoms with Gasteiger partial charge in [0.25, 0.3) is 0 Å². The van der Waals surface area contributed by atoms with E-state index in [0.29, 0.717) is 17.9 Å². The van der Waals surface area contributed by atoms with E-state index in [1.165, 1.54) is 24.3 Å². The predicted octanol–water partition coefficient (Wildman–Crippen LogP) is 2.93. The number of hydrogen-bond acceptors (Lipinski definition) is 3. The third kappa shape index (κ3) is 3.19. The van der Waals surface area contributed by atoms with Gasteiger partial charge in [0, 0.05) is 13.7 Å². The summed E-state index contributed by atoms with van der Waals surface area (Å²) in [6.45, 7) is 8.30. The first-order valence-electron chi connectivity index (χ1n) is 6.52. The second kappa shape index (κ2) is 5.99. The van der Waals surface area contributed by atoms with Crippen LogP contribution in [0.15, 0.2) is 0 Å². The van der Waals surface area contributed by atoms with E-state index in [1.807, 2.05) is 0 Å². The molecule has 0 radical (unpaired) electrons. The van der Waals surface area contributed by atoms with Crippen LogP contribution in [-0.2, 0) is 4.74 Å². The highest BCUT2D eigenvalue weighted by atomic mass is 16.5. The van der Waals surface area contributed by atoms with Crippen molar-refractivity contribution in [3.63, 3.8) is 0 Å². The van der Waals surface area contributed by atoms with Crippen molar-refractivity contribution in [1.82, 2.24) is 5.06 Å². The van der Waals surface area contributed by atoms with Crippen molar-refractivity contribution < 1.29 is 9.94 Å². The molecule has 1 heterocycles. The van der Waals surface area contributed by atoms with Crippen LogP contribution in [0.3, 0.4) is 0 Å². The highest BCUT2D eigenvalue weighted by Crippen LogP contribution is 2.40. The van der Waals surface area contributed by atoms with Gasteiger partial charge in [-0.25, -0.2) is 0 Å². The highest BCUT2D eigenvalue weighted by molar-refractivity contribution is 4.87. The average molecular weight is 229 g/mol. The van der Waals surface area contributed by atoms with Crippen molar-refractivity contribution in [2.24, 2.45) is 11.3 Å². The third-order valence-electron chi connectivity index (χ3n) is 4.34. The van der Waals surface area contributed by atoms with Gasteiger partial charge in [-0.15, -0.1) is 0 Å². The molecule has 1 aliphatic heterocycles. The summed E-state index contributed by atoms with van der Waals surface area (Å²) in [4.78, 5) is 0. The quantitative estimate of drug-likeness (QED) is 0.786. The monoisotopic (exact) mass is 229 g/mol. The molecule has 0 spiro atoms. The largest absolute Gasteiger partial charge is 0.380 e. The molecular formula is C13H27NO2. The van der Waals surface area contributed by atoms with Crippen LogP contribution >= 0.6 is 0 Å². The van der Waals surface area contributed by atoms with Crippen LogP contribution in [0.25, 0.3) is 0 Å². The summed E-state index contributed by atoms with van der Waals surface area (Å²) in [7, 11) is 1.74. The van der Waals surface area contributed by atoms with Gasteiger partial charge in [-0.05, 0) is 24.2 Å². The Morgan fingerprint density at radius 3 is 2.56 bits per heavy atom. The van der Waals surface area contributed by atoms with E-state index in [1.54, 1.807) is 7.11 Å². The van der Waals surface area contributed by atoms with Crippen LogP contribution in [-0.4, -0.2) is 36.6 Å². The third-order valence-corrected chi connectivity index (χ3v) is 4.34. The van der Waals surface area contributed by atoms with Gasteiger partial charge >= 0.3 is 0 Å². The van der Waals surface area contributed by atoms with Crippen LogP contribution in [0.1, 0.15) is 46.5 Å². The van der Waals surface area contributed by atoms with Crippen LogP contribution in [0.5, 0.6) is 0 Å². The minimum Gasteiger partial charge on any atom is -0.380 e. The minimum absolute atomic E-state index is 0.187. The van der Waals surface area contributed by atoms with Gasteiger partial charge in [0.2, 0.25) is 0 Å². The lowest BCUT2D eigenvalue weighted by molar-refractivity contribution is -0.168. The molecule has 0 amide bonds. The standard InChI is InChI=1S/C13H27NO2/c1-5-7-13(3,6-2)11-8-12(16-4)10-14(15)9-11/h11-12,15H,5-10H2,1-4H3/t11-,12+,13?/m0/s1. The fourth-order valence-electron chi connectivity index (χ4n) is 2.95. The number of ether oxygens (including phenoxy) is 1. The normalized spacial score (nSPS) is 31.3. The Labute approximate surface area is 99.7 Å². The summed E-state index contributed by atoms with van der Waals surface area (Å²) in [6.07, 6.45) is 4.89. The first kappa shape index (κ1) is 13.9. The molecule has 3 heteroatoms. The zero-order chi connectivity index (χ0) is 12.2. The molecule has 0 bridgehead atoms. The van der Waals surface area contributed by atoms with Crippen LogP contribution in [0.4, 0.5) is 0 Å². The second-order valence-electron chi connectivity index (χ2n) is 5.42. The van der Waals surface area contributed by atoms with E-state index in [-0.39, 0.29) is 6.10 Å². The first-order chi connectivity index (χ1) is 7.55. The Morgan fingerprint density at radius 2 is 2.06 bits per heavy atom. The Kier molecular flexibility index (Phi) is 5.22. The summed E-state index contributed by atoms with van der Waals surface area (Å²) >= 11 is 0. The van der Waals surface area contributed by atoms with E-state index in [4.69, 9.17) is 4.74 Å². The number of methoxy groups -OCH3 is 1. The topological polar surface area (TPSA) is 32.7 Å². The summed E-state index contributed by atoms with van der Waals surface area (Å²) in [6, 6.07) is 0. The molecule has 0 aromatic carbocycles. The summed E-state index contributed by atoms with van der Waals surface area (Å²) in [5.41, 5.74) is 0.340. The highest BCUT2D eigenvalue weighted by Gasteiger charge is 2.37. The molecule has 1 unspecified atom stereocenters. The summed E-state index contributed by atoms with van der Waals surface area (Å²) in [5.74, 6) is 0.543. The molecule has 0 aromatic rings. The maximum atomic E-state index is 9.76. The SMILES string of the molecule is CCCC(C)(CC)[C@H]1C[C@@H](OC)CN(O)C1. The van der Waals surface area contributed by atoms with Gasteiger partial charge in [0.15, 0.2) is 0 Å². The molecule has 1 aliphatic rings. The number of piperidine rings is 1. The van der Waals surface area contributed by atoms with Crippen molar-refractivity contribution in [3.05, 3.63) is 0 Å². The predicted molar refractivity (Wildman–Crippen MR) is 65.6 cm³/mol. The number of nitrogens with zero attached hydrogens (tertiary/aromatic N) is 1. The lowest BCUT2D eigenvalue weighted by atomic mass is 9.68. The molecule has 1 rings (SSSR count). The number of rotatable bonds is 5. The molecular weight excluding hydrogens is 202 g/mol. The molecule has 16 heavy (non-hydrogen) atoms. The first-order valence-corrected chi connectivity index (χ1v) is 6.52. The van der Waals surface area contributed by atoms with E-state index in [9.17, 15) is 5.21 Å². The molecule has 96 valence electrons. The van der Waals surface area contributed by atoms with Gasteiger partial charge in [-0.2, -0.15) is 5.06 Å². The van der Waals surface area contributed by atoms with E-state index in [0.717, 1.165) is 13.0 Å². The fourth-order valence-corrected chi connectivity index (χ4v) is 2.95. The molecule has 3 atom stereocenters. The van der Waals surface area contributed by atoms with E-state index in [2.05, 4.69) is 20.8 Å². The molecule has 0 aliphatic carbocycles. The van der Waals surface area contributed by atoms with Crippen molar-refractivity contribution in [2.75, 3.05) is 20.2 Å². The molecule has 0 saturated carbocycles. The number of hydroxylamine groups is 2. The Hall–Kier alpha value is -0.120. The smallest absolute Gasteiger partial charge is 0.0724 e. The maximum absolute atomic E-state index is 9.76. The van der Waals surface area contributed by atoms with Gasteiger partial charge in [-0.1, -0.05) is 33.6 Å². The van der Waals surface area contributed by atoms with Crippen LogP contribution in [0, 0.1) is 11.3 Å². The molecule has 1 N–H and O–H groups in total. The van der Waals surface area contributed by atoms with Gasteiger partial charge in [-0.3, -0.25) is 0 Å². The van der Waals surface area contributed by atoms with Crippen molar-refractivity contribution in [2.45, 2.75) is 52.6 Å². The Bertz CT molecular complexity index is 210. The molecule has 0 aromatic heterocycles. The van der Waals surface area contributed by atoms with Crippen molar-refractivity contribution >= 4 is 0 Å². The van der Waals surface area contributed by atoms with Crippen molar-refractivity contribution in [1.29, 1.82) is 0 Å². The summed E-state index contributed by atoms with van der Waals surface area (Å²) in [5, 5.41) is 11.2. The molecule has 1 fully saturated rings. The van der Waals surface area contributed by atoms with Gasteiger partial charge in [0.1, 0.15) is 0 Å². The zero-order valence-electron chi connectivity index (χ0n) is 11.2. The second-order valence-corrected chi connectivity index (χ2v) is 5.42. The van der Waals surface area contributed by atoms with Crippen molar-refractivity contribution in [3.8, 4) is 0 Å². The Morgan fingerprint density at radius 1 is 1.38 bits per heavy atom. The van der Waals surface area contributed by atoms with Crippen LogP contribution < -0.4 is 0 Å². The average Bonchev–Trinajstić information content (AvgIpc) is 2.28. The molecule has 1 saturated heterocycles. The molecule has 3 nitrogen and oxygen atoms in total.